The van der Waals surface area contributed by atoms with Crippen LogP contribution in [0.3, 0.4) is 0 Å². The van der Waals surface area contributed by atoms with Crippen molar-refractivity contribution in [1.82, 2.24) is 4.90 Å². The molecule has 0 aromatic heterocycles. The molecule has 0 radical (unpaired) electrons. The number of carbonyl (C=O) groups is 2. The summed E-state index contributed by atoms with van der Waals surface area (Å²) in [6.45, 7) is 3.57. The highest BCUT2D eigenvalue weighted by Crippen LogP contribution is 2.26. The lowest BCUT2D eigenvalue weighted by molar-refractivity contribution is -0.131. The van der Waals surface area contributed by atoms with Crippen LogP contribution in [0, 0.1) is 0 Å². The Labute approximate surface area is 152 Å². The SMILES string of the molecule is COc1ccc(NC(=O)CN2C(=O)C(c3ccccc3)=NC2(C)C)cc1. The number of aliphatic imine (C=N–C) groups is 1. The average Bonchev–Trinajstić information content (AvgIpc) is 2.86. The summed E-state index contributed by atoms with van der Waals surface area (Å²) in [5.74, 6) is 0.187. The highest BCUT2D eigenvalue weighted by atomic mass is 16.5. The Morgan fingerprint density at radius 1 is 1.12 bits per heavy atom. The molecule has 3 rings (SSSR count). The Morgan fingerprint density at radius 2 is 1.77 bits per heavy atom. The van der Waals surface area contributed by atoms with Crippen molar-refractivity contribution in [2.45, 2.75) is 19.5 Å². The van der Waals surface area contributed by atoms with E-state index in [9.17, 15) is 9.59 Å². The third-order valence-electron chi connectivity index (χ3n) is 4.22. The first kappa shape index (κ1) is 17.7. The maximum atomic E-state index is 12.8. The number of methoxy groups -OCH3 is 1. The second-order valence-corrected chi connectivity index (χ2v) is 6.49. The molecule has 1 heterocycles. The Balaban J connectivity index is 1.71. The molecule has 0 saturated heterocycles. The van der Waals surface area contributed by atoms with Gasteiger partial charge in [0.2, 0.25) is 5.91 Å². The largest absolute Gasteiger partial charge is 0.497 e. The maximum Gasteiger partial charge on any atom is 0.275 e. The molecule has 26 heavy (non-hydrogen) atoms. The molecule has 0 fully saturated rings. The van der Waals surface area contributed by atoms with Gasteiger partial charge in [0.1, 0.15) is 23.7 Å². The monoisotopic (exact) mass is 351 g/mol. The van der Waals surface area contributed by atoms with E-state index in [2.05, 4.69) is 10.3 Å². The molecule has 2 amide bonds. The van der Waals surface area contributed by atoms with Gasteiger partial charge in [0.15, 0.2) is 0 Å². The van der Waals surface area contributed by atoms with Crippen molar-refractivity contribution in [2.75, 3.05) is 19.0 Å². The topological polar surface area (TPSA) is 71.0 Å². The number of ether oxygens (including phenoxy) is 1. The van der Waals surface area contributed by atoms with Gasteiger partial charge in [0.25, 0.3) is 5.91 Å². The van der Waals surface area contributed by atoms with E-state index >= 15 is 0 Å². The van der Waals surface area contributed by atoms with Crippen molar-refractivity contribution in [3.05, 3.63) is 60.2 Å². The molecule has 1 aliphatic heterocycles. The minimum Gasteiger partial charge on any atom is -0.497 e. The molecular formula is C20H21N3O3. The van der Waals surface area contributed by atoms with Gasteiger partial charge in [-0.05, 0) is 38.1 Å². The van der Waals surface area contributed by atoms with E-state index in [1.165, 1.54) is 4.90 Å². The van der Waals surface area contributed by atoms with Gasteiger partial charge in [-0.1, -0.05) is 30.3 Å². The number of hydrogen-bond acceptors (Lipinski definition) is 4. The van der Waals surface area contributed by atoms with Crippen LogP contribution in [0.1, 0.15) is 19.4 Å². The van der Waals surface area contributed by atoms with Crippen LogP contribution < -0.4 is 10.1 Å². The molecule has 1 N–H and O–H groups in total. The normalized spacial score (nSPS) is 15.6. The lowest BCUT2D eigenvalue weighted by atomic mass is 10.1. The van der Waals surface area contributed by atoms with Gasteiger partial charge < -0.3 is 15.0 Å². The number of carbonyl (C=O) groups excluding carboxylic acids is 2. The number of anilines is 1. The molecule has 0 bridgehead atoms. The van der Waals surface area contributed by atoms with Crippen LogP contribution in [-0.2, 0) is 9.59 Å². The van der Waals surface area contributed by atoms with E-state index in [0.29, 0.717) is 17.1 Å². The van der Waals surface area contributed by atoms with Crippen LogP contribution in [0.5, 0.6) is 5.75 Å². The van der Waals surface area contributed by atoms with E-state index in [0.717, 1.165) is 5.56 Å². The summed E-state index contributed by atoms with van der Waals surface area (Å²) in [6.07, 6.45) is 0. The maximum absolute atomic E-state index is 12.8. The van der Waals surface area contributed by atoms with Crippen LogP contribution in [-0.4, -0.2) is 41.7 Å². The summed E-state index contributed by atoms with van der Waals surface area (Å²) >= 11 is 0. The van der Waals surface area contributed by atoms with Crippen molar-refractivity contribution in [1.29, 1.82) is 0 Å². The standard InChI is InChI=1S/C20H21N3O3/c1-20(2)22-18(14-7-5-4-6-8-14)19(25)23(20)13-17(24)21-15-9-11-16(26-3)12-10-15/h4-12H,13H2,1-3H3,(H,21,24). The molecule has 0 unspecified atom stereocenters. The van der Waals surface area contributed by atoms with Gasteiger partial charge in [-0.3, -0.25) is 14.6 Å². The Bertz CT molecular complexity index is 842. The predicted octanol–water partition coefficient (Wildman–Crippen LogP) is 2.70. The summed E-state index contributed by atoms with van der Waals surface area (Å²) in [5.41, 5.74) is 1.00. The number of hydrogen-bond donors (Lipinski definition) is 1. The highest BCUT2D eigenvalue weighted by molar-refractivity contribution is 6.47. The van der Waals surface area contributed by atoms with E-state index in [-0.39, 0.29) is 18.4 Å². The second kappa shape index (κ2) is 7.00. The van der Waals surface area contributed by atoms with Gasteiger partial charge in [0.05, 0.1) is 7.11 Å². The van der Waals surface area contributed by atoms with Gasteiger partial charge >= 0.3 is 0 Å². The molecule has 0 saturated carbocycles. The molecule has 0 atom stereocenters. The summed E-state index contributed by atoms with van der Waals surface area (Å²) in [6, 6.07) is 16.3. The van der Waals surface area contributed by atoms with Gasteiger partial charge in [-0.2, -0.15) is 0 Å². The van der Waals surface area contributed by atoms with Crippen LogP contribution in [0.4, 0.5) is 5.69 Å². The quantitative estimate of drug-likeness (QED) is 0.900. The average molecular weight is 351 g/mol. The number of benzene rings is 2. The van der Waals surface area contributed by atoms with Crippen LogP contribution in [0.15, 0.2) is 59.6 Å². The third-order valence-corrected chi connectivity index (χ3v) is 4.22. The fourth-order valence-electron chi connectivity index (χ4n) is 2.83. The van der Waals surface area contributed by atoms with Gasteiger partial charge in [-0.15, -0.1) is 0 Å². The Morgan fingerprint density at radius 3 is 2.38 bits per heavy atom. The Kier molecular flexibility index (Phi) is 4.75. The minimum atomic E-state index is -0.778. The van der Waals surface area contributed by atoms with E-state index in [1.54, 1.807) is 31.4 Å². The van der Waals surface area contributed by atoms with Crippen LogP contribution in [0.25, 0.3) is 0 Å². The molecule has 6 heteroatoms. The van der Waals surface area contributed by atoms with Crippen molar-refractivity contribution in [3.63, 3.8) is 0 Å². The summed E-state index contributed by atoms with van der Waals surface area (Å²) < 4.78 is 5.10. The first-order valence-electron chi connectivity index (χ1n) is 8.32. The molecule has 2 aromatic carbocycles. The molecule has 2 aromatic rings. The van der Waals surface area contributed by atoms with Gasteiger partial charge in [-0.25, -0.2) is 0 Å². The van der Waals surface area contributed by atoms with Crippen LogP contribution >= 0.6 is 0 Å². The zero-order valence-corrected chi connectivity index (χ0v) is 15.0. The second-order valence-electron chi connectivity index (χ2n) is 6.49. The smallest absolute Gasteiger partial charge is 0.275 e. The van der Waals surface area contributed by atoms with Crippen molar-refractivity contribution < 1.29 is 14.3 Å². The lowest BCUT2D eigenvalue weighted by Gasteiger charge is -2.28. The number of nitrogens with zero attached hydrogens (tertiary/aromatic N) is 2. The highest BCUT2D eigenvalue weighted by Gasteiger charge is 2.41. The van der Waals surface area contributed by atoms with Crippen LogP contribution in [0.2, 0.25) is 0 Å². The van der Waals surface area contributed by atoms with Crippen molar-refractivity contribution in [3.8, 4) is 5.75 Å². The number of amides is 2. The lowest BCUT2D eigenvalue weighted by Crippen LogP contribution is -2.46. The third kappa shape index (κ3) is 3.59. The Hall–Kier alpha value is -3.15. The number of nitrogens with one attached hydrogen (secondary N) is 1. The molecule has 1 aliphatic rings. The van der Waals surface area contributed by atoms with Crippen molar-refractivity contribution in [2.24, 2.45) is 4.99 Å². The molecule has 6 nitrogen and oxygen atoms in total. The first-order chi connectivity index (χ1) is 12.4. The zero-order valence-electron chi connectivity index (χ0n) is 15.0. The zero-order chi connectivity index (χ0) is 18.7. The number of rotatable bonds is 5. The summed E-state index contributed by atoms with van der Waals surface area (Å²) in [7, 11) is 1.58. The molecule has 134 valence electrons. The minimum absolute atomic E-state index is 0.0717. The fraction of sp³-hybridized carbons (Fsp3) is 0.250. The molecular weight excluding hydrogens is 330 g/mol. The van der Waals surface area contributed by atoms with E-state index in [1.807, 2.05) is 44.2 Å². The first-order valence-corrected chi connectivity index (χ1v) is 8.32. The molecule has 0 spiro atoms. The van der Waals surface area contributed by atoms with Crippen molar-refractivity contribution >= 4 is 23.2 Å². The molecule has 0 aliphatic carbocycles. The van der Waals surface area contributed by atoms with E-state index < -0.39 is 5.66 Å². The fourth-order valence-corrected chi connectivity index (χ4v) is 2.83. The predicted molar refractivity (Wildman–Crippen MR) is 100 cm³/mol. The summed E-state index contributed by atoms with van der Waals surface area (Å²) in [4.78, 5) is 31.2. The van der Waals surface area contributed by atoms with E-state index in [4.69, 9.17) is 4.74 Å². The summed E-state index contributed by atoms with van der Waals surface area (Å²) in [5, 5.41) is 2.79. The van der Waals surface area contributed by atoms with Gasteiger partial charge in [0, 0.05) is 11.3 Å².